The minimum Gasteiger partial charge on any atom is -0.376 e. The molecule has 19 heavy (non-hydrogen) atoms. The van der Waals surface area contributed by atoms with Crippen molar-refractivity contribution >= 4 is 21.6 Å². The van der Waals surface area contributed by atoms with Crippen molar-refractivity contribution in [1.82, 2.24) is 0 Å². The number of hydrogen-bond donors (Lipinski definition) is 1. The summed E-state index contributed by atoms with van der Waals surface area (Å²) in [6.07, 6.45) is 0. The van der Waals surface area contributed by atoms with Crippen LogP contribution in [0.25, 0.3) is 0 Å². The highest BCUT2D eigenvalue weighted by Crippen LogP contribution is 2.28. The highest BCUT2D eigenvalue weighted by Gasteiger charge is 2.15. The summed E-state index contributed by atoms with van der Waals surface area (Å²) in [6, 6.07) is 8.52. The van der Waals surface area contributed by atoms with Gasteiger partial charge in [0, 0.05) is 22.6 Å². The van der Waals surface area contributed by atoms with E-state index in [1.54, 1.807) is 6.92 Å². The fraction of sp³-hybridized carbons (Fsp3) is 0.143. The number of benzene rings is 2. The molecule has 1 unspecified atom stereocenters. The average molecular weight is 330 g/mol. The monoisotopic (exact) mass is 329 g/mol. The molecule has 0 saturated heterocycles. The fourth-order valence-corrected chi connectivity index (χ4v) is 2.43. The second-order valence-corrected chi connectivity index (χ2v) is 4.99. The predicted molar refractivity (Wildman–Crippen MR) is 72.5 cm³/mol. The number of hydrogen-bond acceptors (Lipinski definition) is 1. The Bertz CT molecular complexity index is 601. The lowest BCUT2D eigenvalue weighted by Crippen LogP contribution is -2.09. The minimum atomic E-state index is -1.21. The van der Waals surface area contributed by atoms with Crippen LogP contribution in [0.2, 0.25) is 0 Å². The van der Waals surface area contributed by atoms with E-state index in [1.165, 1.54) is 0 Å². The Morgan fingerprint density at radius 2 is 1.79 bits per heavy atom. The van der Waals surface area contributed by atoms with Crippen LogP contribution in [-0.2, 0) is 0 Å². The molecule has 1 nitrogen and oxygen atoms in total. The lowest BCUT2D eigenvalue weighted by Gasteiger charge is -2.17. The van der Waals surface area contributed by atoms with Crippen molar-refractivity contribution in [3.63, 3.8) is 0 Å². The van der Waals surface area contributed by atoms with Gasteiger partial charge in [-0.25, -0.2) is 13.2 Å². The molecular formula is C14H11BrF3N. The third kappa shape index (κ3) is 3.10. The van der Waals surface area contributed by atoms with Gasteiger partial charge in [-0.1, -0.05) is 34.1 Å². The van der Waals surface area contributed by atoms with Crippen molar-refractivity contribution in [3.05, 3.63) is 63.9 Å². The molecule has 1 N–H and O–H groups in total. The molecular weight excluding hydrogens is 319 g/mol. The number of nitrogens with one attached hydrogen (secondary N) is 1. The van der Waals surface area contributed by atoms with E-state index in [2.05, 4.69) is 21.2 Å². The van der Waals surface area contributed by atoms with Gasteiger partial charge >= 0.3 is 0 Å². The van der Waals surface area contributed by atoms with Crippen LogP contribution < -0.4 is 5.32 Å². The first kappa shape index (κ1) is 13.9. The third-order valence-electron chi connectivity index (χ3n) is 2.74. The normalized spacial score (nSPS) is 12.3. The SMILES string of the molecule is CC(Nc1cc(F)cc(F)c1F)c1ccccc1Br. The molecule has 2 rings (SSSR count). The highest BCUT2D eigenvalue weighted by molar-refractivity contribution is 9.10. The van der Waals surface area contributed by atoms with Crippen LogP contribution in [0.15, 0.2) is 40.9 Å². The summed E-state index contributed by atoms with van der Waals surface area (Å²) in [5.41, 5.74) is 0.673. The summed E-state index contributed by atoms with van der Waals surface area (Å²) < 4.78 is 40.6. The molecule has 100 valence electrons. The molecule has 0 spiro atoms. The van der Waals surface area contributed by atoms with Crippen LogP contribution in [0.1, 0.15) is 18.5 Å². The Hall–Kier alpha value is -1.49. The van der Waals surface area contributed by atoms with E-state index in [0.29, 0.717) is 6.07 Å². The van der Waals surface area contributed by atoms with E-state index in [1.807, 2.05) is 24.3 Å². The van der Waals surface area contributed by atoms with Gasteiger partial charge in [-0.3, -0.25) is 0 Å². The van der Waals surface area contributed by atoms with Gasteiger partial charge in [0.15, 0.2) is 11.6 Å². The number of halogens is 4. The van der Waals surface area contributed by atoms with E-state index in [0.717, 1.165) is 16.1 Å². The van der Waals surface area contributed by atoms with Gasteiger partial charge in [0.2, 0.25) is 0 Å². The zero-order chi connectivity index (χ0) is 14.0. The maximum absolute atomic E-state index is 13.5. The summed E-state index contributed by atoms with van der Waals surface area (Å²) in [4.78, 5) is 0. The van der Waals surface area contributed by atoms with Gasteiger partial charge < -0.3 is 5.32 Å². The first-order valence-corrected chi connectivity index (χ1v) is 6.44. The molecule has 0 aliphatic heterocycles. The lowest BCUT2D eigenvalue weighted by molar-refractivity contribution is 0.496. The molecule has 5 heteroatoms. The third-order valence-corrected chi connectivity index (χ3v) is 3.46. The zero-order valence-electron chi connectivity index (χ0n) is 10.1. The molecule has 0 aromatic heterocycles. The van der Waals surface area contributed by atoms with Crippen LogP contribution in [0.3, 0.4) is 0 Å². The molecule has 0 radical (unpaired) electrons. The quantitative estimate of drug-likeness (QED) is 0.778. The van der Waals surface area contributed by atoms with Crippen molar-refractivity contribution in [2.45, 2.75) is 13.0 Å². The first-order valence-electron chi connectivity index (χ1n) is 5.64. The van der Waals surface area contributed by atoms with Gasteiger partial charge in [0.25, 0.3) is 0 Å². The second-order valence-electron chi connectivity index (χ2n) is 4.14. The van der Waals surface area contributed by atoms with Crippen molar-refractivity contribution in [1.29, 1.82) is 0 Å². The summed E-state index contributed by atoms with van der Waals surface area (Å²) in [5, 5.41) is 2.76. The van der Waals surface area contributed by atoms with Crippen LogP contribution >= 0.6 is 15.9 Å². The van der Waals surface area contributed by atoms with Crippen molar-refractivity contribution in [3.8, 4) is 0 Å². The Balaban J connectivity index is 2.29. The van der Waals surface area contributed by atoms with E-state index >= 15 is 0 Å². The van der Waals surface area contributed by atoms with Crippen molar-refractivity contribution in [2.75, 3.05) is 5.32 Å². The Morgan fingerprint density at radius 1 is 1.11 bits per heavy atom. The lowest BCUT2D eigenvalue weighted by atomic mass is 10.1. The first-order chi connectivity index (χ1) is 8.99. The van der Waals surface area contributed by atoms with Crippen LogP contribution in [0, 0.1) is 17.5 Å². The van der Waals surface area contributed by atoms with E-state index in [9.17, 15) is 13.2 Å². The number of anilines is 1. The molecule has 2 aromatic rings. The molecule has 0 saturated carbocycles. The molecule has 0 amide bonds. The number of rotatable bonds is 3. The van der Waals surface area contributed by atoms with Crippen LogP contribution in [-0.4, -0.2) is 0 Å². The summed E-state index contributed by atoms with van der Waals surface area (Å²) in [6.45, 7) is 1.78. The summed E-state index contributed by atoms with van der Waals surface area (Å²) in [7, 11) is 0. The van der Waals surface area contributed by atoms with Crippen molar-refractivity contribution < 1.29 is 13.2 Å². The second kappa shape index (κ2) is 5.65. The van der Waals surface area contributed by atoms with E-state index in [-0.39, 0.29) is 11.7 Å². The topological polar surface area (TPSA) is 12.0 Å². The van der Waals surface area contributed by atoms with Crippen molar-refractivity contribution in [2.24, 2.45) is 0 Å². The van der Waals surface area contributed by atoms with Gasteiger partial charge in [0.1, 0.15) is 5.82 Å². The Kier molecular flexibility index (Phi) is 4.14. The largest absolute Gasteiger partial charge is 0.376 e. The molecule has 0 fully saturated rings. The molecule has 0 aliphatic carbocycles. The maximum Gasteiger partial charge on any atom is 0.182 e. The zero-order valence-corrected chi connectivity index (χ0v) is 11.6. The molecule has 0 heterocycles. The predicted octanol–water partition coefficient (Wildman–Crippen LogP) is 5.04. The maximum atomic E-state index is 13.5. The van der Waals surface area contributed by atoms with Gasteiger partial charge in [-0.15, -0.1) is 0 Å². The molecule has 0 bridgehead atoms. The molecule has 2 aromatic carbocycles. The minimum absolute atomic E-state index is 0.194. The summed E-state index contributed by atoms with van der Waals surface area (Å²) >= 11 is 3.38. The summed E-state index contributed by atoms with van der Waals surface area (Å²) in [5.74, 6) is -3.11. The molecule has 1 atom stereocenters. The Morgan fingerprint density at radius 3 is 2.47 bits per heavy atom. The fourth-order valence-electron chi connectivity index (χ4n) is 1.80. The van der Waals surface area contributed by atoms with Gasteiger partial charge in [0.05, 0.1) is 5.69 Å². The van der Waals surface area contributed by atoms with E-state index in [4.69, 9.17) is 0 Å². The average Bonchev–Trinajstić information content (AvgIpc) is 2.35. The van der Waals surface area contributed by atoms with E-state index < -0.39 is 17.5 Å². The highest BCUT2D eigenvalue weighted by atomic mass is 79.9. The van der Waals surface area contributed by atoms with Gasteiger partial charge in [-0.2, -0.15) is 0 Å². The Labute approximate surface area is 117 Å². The standard InChI is InChI=1S/C14H11BrF3N/c1-8(10-4-2-3-5-11(10)15)19-13-7-9(16)6-12(17)14(13)18/h2-8,19H,1H3. The smallest absolute Gasteiger partial charge is 0.182 e. The molecule has 0 aliphatic rings. The van der Waals surface area contributed by atoms with Crippen LogP contribution in [0.4, 0.5) is 18.9 Å². The van der Waals surface area contributed by atoms with Crippen LogP contribution in [0.5, 0.6) is 0 Å². The van der Waals surface area contributed by atoms with Gasteiger partial charge in [-0.05, 0) is 18.6 Å².